The largest absolute Gasteiger partial charge is 0.353 e. The first-order valence-corrected chi connectivity index (χ1v) is 11.5. The van der Waals surface area contributed by atoms with Gasteiger partial charge < -0.3 is 9.80 Å². The highest BCUT2D eigenvalue weighted by Crippen LogP contribution is 2.25. The fourth-order valence-corrected chi connectivity index (χ4v) is 5.90. The molecule has 26 heavy (non-hydrogen) atoms. The molecule has 0 N–H and O–H groups in total. The SMILES string of the molecule is CCC1CCCCN1C(=O)c1ccc(N(CC)C2CCS(=O)(=O)C2)nc1. The molecule has 1 aromatic heterocycles. The maximum Gasteiger partial charge on any atom is 0.255 e. The van der Waals surface area contributed by atoms with E-state index < -0.39 is 9.84 Å². The minimum atomic E-state index is -2.93. The van der Waals surface area contributed by atoms with E-state index in [0.29, 0.717) is 24.6 Å². The fourth-order valence-electron chi connectivity index (χ4n) is 4.17. The third kappa shape index (κ3) is 4.03. The van der Waals surface area contributed by atoms with Gasteiger partial charge in [-0.2, -0.15) is 0 Å². The van der Waals surface area contributed by atoms with Crippen molar-refractivity contribution < 1.29 is 13.2 Å². The van der Waals surface area contributed by atoms with Crippen molar-refractivity contribution in [2.24, 2.45) is 0 Å². The number of nitrogens with zero attached hydrogens (tertiary/aromatic N) is 3. The summed E-state index contributed by atoms with van der Waals surface area (Å²) in [6.45, 7) is 5.66. The Labute approximate surface area is 156 Å². The molecular weight excluding hydrogens is 350 g/mol. The maximum absolute atomic E-state index is 12.9. The molecule has 2 unspecified atom stereocenters. The molecule has 0 radical (unpaired) electrons. The topological polar surface area (TPSA) is 70.6 Å². The molecule has 7 heteroatoms. The molecule has 144 valence electrons. The van der Waals surface area contributed by atoms with Crippen molar-refractivity contribution in [3.8, 4) is 0 Å². The molecule has 2 aliphatic rings. The number of piperidine rings is 1. The lowest BCUT2D eigenvalue weighted by atomic mass is 9.99. The van der Waals surface area contributed by atoms with Gasteiger partial charge in [0.25, 0.3) is 5.91 Å². The lowest BCUT2D eigenvalue weighted by Crippen LogP contribution is -2.43. The van der Waals surface area contributed by atoms with Gasteiger partial charge in [-0.3, -0.25) is 4.79 Å². The minimum Gasteiger partial charge on any atom is -0.353 e. The van der Waals surface area contributed by atoms with Crippen molar-refractivity contribution >= 4 is 21.6 Å². The van der Waals surface area contributed by atoms with Crippen LogP contribution >= 0.6 is 0 Å². The van der Waals surface area contributed by atoms with Crippen molar-refractivity contribution in [2.45, 2.75) is 58.0 Å². The number of likely N-dealkylation sites (tertiary alicyclic amines) is 1. The van der Waals surface area contributed by atoms with Crippen molar-refractivity contribution in [2.75, 3.05) is 29.5 Å². The lowest BCUT2D eigenvalue weighted by molar-refractivity contribution is 0.0607. The summed E-state index contributed by atoms with van der Waals surface area (Å²) in [7, 11) is -2.93. The van der Waals surface area contributed by atoms with Gasteiger partial charge in [0.15, 0.2) is 9.84 Å². The zero-order valence-corrected chi connectivity index (χ0v) is 16.5. The van der Waals surface area contributed by atoms with Gasteiger partial charge in [-0.05, 0) is 51.2 Å². The second-order valence-electron chi connectivity index (χ2n) is 7.30. The Kier molecular flexibility index (Phi) is 5.85. The Balaban J connectivity index is 1.74. The Hall–Kier alpha value is -1.63. The summed E-state index contributed by atoms with van der Waals surface area (Å²) in [5.74, 6) is 1.24. The molecule has 0 aromatic carbocycles. The molecule has 1 aromatic rings. The van der Waals surface area contributed by atoms with E-state index in [4.69, 9.17) is 0 Å². The minimum absolute atomic E-state index is 0.0226. The van der Waals surface area contributed by atoms with E-state index in [1.807, 2.05) is 28.9 Å². The Morgan fingerprint density at radius 2 is 2.08 bits per heavy atom. The first kappa shape index (κ1) is 19.1. The number of aromatic nitrogens is 1. The van der Waals surface area contributed by atoms with Gasteiger partial charge in [-0.1, -0.05) is 6.92 Å². The van der Waals surface area contributed by atoms with Crippen LogP contribution in [0.15, 0.2) is 18.3 Å². The van der Waals surface area contributed by atoms with Crippen molar-refractivity contribution in [3.63, 3.8) is 0 Å². The van der Waals surface area contributed by atoms with E-state index in [1.165, 1.54) is 6.42 Å². The summed E-state index contributed by atoms with van der Waals surface area (Å²) in [6, 6.07) is 3.99. The van der Waals surface area contributed by atoms with E-state index in [0.717, 1.165) is 31.6 Å². The van der Waals surface area contributed by atoms with Crippen LogP contribution in [-0.4, -0.2) is 60.9 Å². The molecule has 2 fully saturated rings. The van der Waals surface area contributed by atoms with Gasteiger partial charge in [0, 0.05) is 31.4 Å². The number of sulfone groups is 1. The third-order valence-corrected chi connectivity index (χ3v) is 7.39. The van der Waals surface area contributed by atoms with Gasteiger partial charge in [0.2, 0.25) is 0 Å². The summed E-state index contributed by atoms with van der Waals surface area (Å²) in [4.78, 5) is 21.4. The predicted octanol–water partition coefficient (Wildman–Crippen LogP) is 2.50. The monoisotopic (exact) mass is 379 g/mol. The summed E-state index contributed by atoms with van der Waals surface area (Å²) < 4.78 is 23.5. The molecule has 3 rings (SSSR count). The molecule has 6 nitrogen and oxygen atoms in total. The summed E-state index contributed by atoms with van der Waals surface area (Å²) in [5.41, 5.74) is 0.615. The number of hydrogen-bond acceptors (Lipinski definition) is 5. The maximum atomic E-state index is 12.9. The number of amides is 1. The Morgan fingerprint density at radius 1 is 1.27 bits per heavy atom. The summed E-state index contributed by atoms with van der Waals surface area (Å²) in [6.07, 6.45) is 6.60. The van der Waals surface area contributed by atoms with Crippen molar-refractivity contribution in [1.82, 2.24) is 9.88 Å². The van der Waals surface area contributed by atoms with Crippen molar-refractivity contribution in [3.05, 3.63) is 23.9 Å². The fraction of sp³-hybridized carbons (Fsp3) is 0.684. The number of hydrogen-bond donors (Lipinski definition) is 0. The van der Waals surface area contributed by atoms with Crippen LogP contribution in [0.1, 0.15) is 56.3 Å². The average molecular weight is 380 g/mol. The first-order chi connectivity index (χ1) is 12.4. The van der Waals surface area contributed by atoms with E-state index in [-0.39, 0.29) is 23.5 Å². The highest BCUT2D eigenvalue weighted by molar-refractivity contribution is 7.91. The number of rotatable bonds is 5. The lowest BCUT2D eigenvalue weighted by Gasteiger charge is -2.35. The summed E-state index contributed by atoms with van der Waals surface area (Å²) in [5, 5.41) is 0. The van der Waals surface area contributed by atoms with Crippen LogP contribution in [-0.2, 0) is 9.84 Å². The predicted molar refractivity (Wildman–Crippen MR) is 103 cm³/mol. The normalized spacial score (nSPS) is 25.2. The highest BCUT2D eigenvalue weighted by Gasteiger charge is 2.32. The van der Waals surface area contributed by atoms with Gasteiger partial charge in [-0.15, -0.1) is 0 Å². The number of anilines is 1. The van der Waals surface area contributed by atoms with Crippen LogP contribution in [0.2, 0.25) is 0 Å². The molecular formula is C19H29N3O3S. The standard InChI is InChI=1S/C19H29N3O3S/c1-3-16-7-5-6-11-22(16)19(23)15-8-9-18(20-13-15)21(4-2)17-10-12-26(24,25)14-17/h8-9,13,16-17H,3-7,10-12,14H2,1-2H3. The average Bonchev–Trinajstić information content (AvgIpc) is 3.02. The van der Waals surface area contributed by atoms with Gasteiger partial charge >= 0.3 is 0 Å². The molecule has 2 atom stereocenters. The molecule has 1 amide bonds. The van der Waals surface area contributed by atoms with E-state index in [2.05, 4.69) is 11.9 Å². The van der Waals surface area contributed by atoms with Gasteiger partial charge in [-0.25, -0.2) is 13.4 Å². The van der Waals surface area contributed by atoms with Crippen LogP contribution in [0.3, 0.4) is 0 Å². The molecule has 2 saturated heterocycles. The molecule has 0 bridgehead atoms. The quantitative estimate of drug-likeness (QED) is 0.786. The van der Waals surface area contributed by atoms with E-state index >= 15 is 0 Å². The molecule has 3 heterocycles. The zero-order valence-electron chi connectivity index (χ0n) is 15.7. The van der Waals surface area contributed by atoms with Gasteiger partial charge in [0.05, 0.1) is 17.1 Å². The van der Waals surface area contributed by atoms with Crippen molar-refractivity contribution in [1.29, 1.82) is 0 Å². The molecule has 0 aliphatic carbocycles. The molecule has 0 spiro atoms. The van der Waals surface area contributed by atoms with Crippen LogP contribution in [0.4, 0.5) is 5.82 Å². The van der Waals surface area contributed by atoms with Crippen LogP contribution in [0.5, 0.6) is 0 Å². The van der Waals surface area contributed by atoms with Crippen LogP contribution in [0, 0.1) is 0 Å². The zero-order chi connectivity index (χ0) is 18.7. The third-order valence-electron chi connectivity index (χ3n) is 5.64. The molecule has 0 saturated carbocycles. The number of carbonyl (C=O) groups excluding carboxylic acids is 1. The summed E-state index contributed by atoms with van der Waals surface area (Å²) >= 11 is 0. The van der Waals surface area contributed by atoms with Crippen LogP contribution in [0.25, 0.3) is 0 Å². The van der Waals surface area contributed by atoms with Gasteiger partial charge in [0.1, 0.15) is 5.82 Å². The van der Waals surface area contributed by atoms with E-state index in [9.17, 15) is 13.2 Å². The Bertz CT molecular complexity index is 733. The van der Waals surface area contributed by atoms with Crippen LogP contribution < -0.4 is 4.90 Å². The molecule has 2 aliphatic heterocycles. The Morgan fingerprint density at radius 3 is 2.65 bits per heavy atom. The highest BCUT2D eigenvalue weighted by atomic mass is 32.2. The second-order valence-corrected chi connectivity index (χ2v) is 9.53. The second kappa shape index (κ2) is 7.94. The first-order valence-electron chi connectivity index (χ1n) is 9.69. The van der Waals surface area contributed by atoms with E-state index in [1.54, 1.807) is 6.20 Å². The number of carbonyl (C=O) groups is 1. The smallest absolute Gasteiger partial charge is 0.255 e. The number of pyridine rings is 1.